The predicted molar refractivity (Wildman–Crippen MR) is 75.2 cm³/mol. The van der Waals surface area contributed by atoms with E-state index in [1.54, 1.807) is 13.1 Å². The highest BCUT2D eigenvalue weighted by atomic mass is 16.3. The van der Waals surface area contributed by atoms with Gasteiger partial charge < -0.3 is 20.0 Å². The molecule has 0 aromatic carbocycles. The largest absolute Gasteiger partial charge is 0.391 e. The lowest BCUT2D eigenvalue weighted by atomic mass is 10.1. The van der Waals surface area contributed by atoms with Gasteiger partial charge in [0.15, 0.2) is 0 Å². The van der Waals surface area contributed by atoms with Crippen LogP contribution in [0, 0.1) is 0 Å². The van der Waals surface area contributed by atoms with Crippen molar-refractivity contribution >= 4 is 5.82 Å². The van der Waals surface area contributed by atoms with Crippen LogP contribution in [0.3, 0.4) is 0 Å². The lowest BCUT2D eigenvalue weighted by Gasteiger charge is -2.28. The number of likely N-dealkylation sites (N-methyl/N-ethyl adjacent to an activating group) is 1. The monoisotopic (exact) mass is 265 g/mol. The third-order valence-corrected chi connectivity index (χ3v) is 3.51. The van der Waals surface area contributed by atoms with Crippen molar-refractivity contribution in [1.82, 2.24) is 9.88 Å². The lowest BCUT2D eigenvalue weighted by molar-refractivity contribution is 0.191. The molecule has 1 fully saturated rings. The van der Waals surface area contributed by atoms with Gasteiger partial charge in [-0.2, -0.15) is 0 Å². The first-order chi connectivity index (χ1) is 8.97. The summed E-state index contributed by atoms with van der Waals surface area (Å²) in [5.74, 6) is 0.835. The van der Waals surface area contributed by atoms with E-state index in [0.717, 1.165) is 24.3 Å². The molecule has 0 saturated carbocycles. The van der Waals surface area contributed by atoms with Crippen molar-refractivity contribution in [3.05, 3.63) is 23.9 Å². The SMILES string of the molecule is C[C@@H](O)c1ccnc(N2CC(O)CC2CN(C)C)c1. The van der Waals surface area contributed by atoms with Crippen molar-refractivity contribution in [1.29, 1.82) is 0 Å². The molecule has 0 radical (unpaired) electrons. The highest BCUT2D eigenvalue weighted by molar-refractivity contribution is 5.44. The molecule has 5 heteroatoms. The molecule has 3 atom stereocenters. The van der Waals surface area contributed by atoms with Gasteiger partial charge in [-0.25, -0.2) is 4.98 Å². The number of hydrogen-bond acceptors (Lipinski definition) is 5. The van der Waals surface area contributed by atoms with Crippen molar-refractivity contribution in [2.24, 2.45) is 0 Å². The standard InChI is InChI=1S/C14H23N3O2/c1-10(18)11-4-5-15-14(6-11)17-9-13(19)7-12(17)8-16(2)3/h4-6,10,12-13,18-19H,7-9H2,1-3H3/t10-,12?,13?/m1/s1. The van der Waals surface area contributed by atoms with Crippen molar-refractivity contribution in [2.45, 2.75) is 31.6 Å². The van der Waals surface area contributed by atoms with Gasteiger partial charge in [0.1, 0.15) is 5.82 Å². The molecule has 0 bridgehead atoms. The quantitative estimate of drug-likeness (QED) is 0.836. The van der Waals surface area contributed by atoms with Crippen molar-refractivity contribution < 1.29 is 10.2 Å². The highest BCUT2D eigenvalue weighted by Gasteiger charge is 2.32. The summed E-state index contributed by atoms with van der Waals surface area (Å²) in [4.78, 5) is 8.64. The highest BCUT2D eigenvalue weighted by Crippen LogP contribution is 2.26. The van der Waals surface area contributed by atoms with Gasteiger partial charge >= 0.3 is 0 Å². The molecule has 5 nitrogen and oxygen atoms in total. The van der Waals surface area contributed by atoms with E-state index in [2.05, 4.69) is 14.8 Å². The summed E-state index contributed by atoms with van der Waals surface area (Å²) in [5, 5.41) is 19.5. The Bertz CT molecular complexity index is 423. The van der Waals surface area contributed by atoms with Gasteiger partial charge in [-0.1, -0.05) is 0 Å². The Morgan fingerprint density at radius 2 is 2.26 bits per heavy atom. The van der Waals surface area contributed by atoms with Gasteiger partial charge in [0.2, 0.25) is 0 Å². The second kappa shape index (κ2) is 5.86. The summed E-state index contributed by atoms with van der Waals surface area (Å²) in [5.41, 5.74) is 0.856. The number of aliphatic hydroxyl groups is 2. The normalized spacial score (nSPS) is 25.1. The zero-order valence-electron chi connectivity index (χ0n) is 11.8. The molecule has 0 aliphatic carbocycles. The summed E-state index contributed by atoms with van der Waals surface area (Å²) in [7, 11) is 4.06. The fourth-order valence-electron chi connectivity index (χ4n) is 2.62. The third-order valence-electron chi connectivity index (χ3n) is 3.51. The summed E-state index contributed by atoms with van der Waals surface area (Å²) in [6.45, 7) is 3.24. The maximum Gasteiger partial charge on any atom is 0.129 e. The van der Waals surface area contributed by atoms with Gasteiger partial charge in [0.25, 0.3) is 0 Å². The Morgan fingerprint density at radius 1 is 1.53 bits per heavy atom. The molecule has 19 heavy (non-hydrogen) atoms. The molecule has 2 N–H and O–H groups in total. The van der Waals surface area contributed by atoms with E-state index in [9.17, 15) is 10.2 Å². The minimum Gasteiger partial charge on any atom is -0.391 e. The van der Waals surface area contributed by atoms with E-state index < -0.39 is 6.10 Å². The maximum atomic E-state index is 9.89. The molecule has 1 saturated heterocycles. The van der Waals surface area contributed by atoms with Gasteiger partial charge in [-0.05, 0) is 45.1 Å². The first kappa shape index (κ1) is 14.2. The lowest BCUT2D eigenvalue weighted by Crippen LogP contribution is -2.38. The molecule has 1 aromatic heterocycles. The van der Waals surface area contributed by atoms with Gasteiger partial charge in [0, 0.05) is 25.3 Å². The Morgan fingerprint density at radius 3 is 2.89 bits per heavy atom. The van der Waals surface area contributed by atoms with Crippen LogP contribution in [0.15, 0.2) is 18.3 Å². The van der Waals surface area contributed by atoms with Crippen molar-refractivity contribution in [3.63, 3.8) is 0 Å². The molecule has 106 valence electrons. The molecule has 1 aliphatic heterocycles. The molecule has 0 spiro atoms. The summed E-state index contributed by atoms with van der Waals surface area (Å²) >= 11 is 0. The van der Waals surface area contributed by atoms with Crippen LogP contribution in [0.1, 0.15) is 25.0 Å². The Labute approximate surface area is 114 Å². The topological polar surface area (TPSA) is 59.8 Å². The summed E-state index contributed by atoms with van der Waals surface area (Å²) < 4.78 is 0. The average Bonchev–Trinajstić information content (AvgIpc) is 2.69. The van der Waals surface area contributed by atoms with Gasteiger partial charge in [-0.15, -0.1) is 0 Å². The molecule has 1 aliphatic rings. The zero-order valence-corrected chi connectivity index (χ0v) is 11.8. The summed E-state index contributed by atoms with van der Waals surface area (Å²) in [6, 6.07) is 3.99. The Hall–Kier alpha value is -1.17. The minimum absolute atomic E-state index is 0.266. The van der Waals surface area contributed by atoms with E-state index in [4.69, 9.17) is 0 Å². The molecule has 2 rings (SSSR count). The number of anilines is 1. The van der Waals surface area contributed by atoms with Gasteiger partial charge in [-0.3, -0.25) is 0 Å². The van der Waals surface area contributed by atoms with E-state index in [0.29, 0.717) is 6.54 Å². The average molecular weight is 265 g/mol. The molecule has 2 unspecified atom stereocenters. The third kappa shape index (κ3) is 3.43. The second-order valence-electron chi connectivity index (χ2n) is 5.58. The second-order valence-corrected chi connectivity index (χ2v) is 5.58. The number of aliphatic hydroxyl groups excluding tert-OH is 2. The molecule has 2 heterocycles. The molecule has 1 aromatic rings. The fraction of sp³-hybridized carbons (Fsp3) is 0.643. The van der Waals surface area contributed by atoms with Crippen molar-refractivity contribution in [3.8, 4) is 0 Å². The van der Waals surface area contributed by atoms with Crippen LogP contribution in [0.2, 0.25) is 0 Å². The van der Waals surface area contributed by atoms with E-state index >= 15 is 0 Å². The first-order valence-electron chi connectivity index (χ1n) is 6.71. The fourth-order valence-corrected chi connectivity index (χ4v) is 2.62. The maximum absolute atomic E-state index is 9.89. The van der Waals surface area contributed by atoms with Crippen LogP contribution in [0.4, 0.5) is 5.82 Å². The number of nitrogens with zero attached hydrogens (tertiary/aromatic N) is 3. The van der Waals surface area contributed by atoms with Gasteiger partial charge in [0.05, 0.1) is 12.2 Å². The molecule has 0 amide bonds. The minimum atomic E-state index is -0.499. The predicted octanol–water partition coefficient (Wildman–Crippen LogP) is 0.636. The van der Waals surface area contributed by atoms with E-state index in [-0.39, 0.29) is 12.1 Å². The first-order valence-corrected chi connectivity index (χ1v) is 6.71. The van der Waals surface area contributed by atoms with E-state index in [1.165, 1.54) is 0 Å². The Balaban J connectivity index is 2.21. The van der Waals surface area contributed by atoms with Crippen LogP contribution in [-0.2, 0) is 0 Å². The van der Waals surface area contributed by atoms with Crippen LogP contribution >= 0.6 is 0 Å². The number of aromatic nitrogens is 1. The molecular formula is C14H23N3O2. The van der Waals surface area contributed by atoms with Crippen molar-refractivity contribution in [2.75, 3.05) is 32.1 Å². The Kier molecular flexibility index (Phi) is 4.39. The number of pyridine rings is 1. The molecular weight excluding hydrogens is 242 g/mol. The number of rotatable bonds is 4. The van der Waals surface area contributed by atoms with E-state index in [1.807, 2.05) is 26.2 Å². The van der Waals surface area contributed by atoms with Crippen LogP contribution in [-0.4, -0.2) is 59.4 Å². The summed E-state index contributed by atoms with van der Waals surface area (Å²) in [6.07, 6.45) is 1.68. The number of β-amino-alcohol motifs (C(OH)–C–C–N with tert-alkyl or cyclic N) is 1. The zero-order chi connectivity index (χ0) is 14.0. The van der Waals surface area contributed by atoms with Crippen LogP contribution in [0.5, 0.6) is 0 Å². The smallest absolute Gasteiger partial charge is 0.129 e. The van der Waals surface area contributed by atoms with Crippen LogP contribution in [0.25, 0.3) is 0 Å². The van der Waals surface area contributed by atoms with Crippen LogP contribution < -0.4 is 4.90 Å². The number of hydrogen-bond donors (Lipinski definition) is 2.